The van der Waals surface area contributed by atoms with Crippen LogP contribution in [0.4, 0.5) is 21.8 Å². The number of carboxylic acid groups (broad SMARTS) is 2. The minimum atomic E-state index is -2.06. The Labute approximate surface area is 504 Å². The van der Waals surface area contributed by atoms with Crippen molar-refractivity contribution < 1.29 is 63.2 Å². The molecule has 0 radical (unpaired) electrons. The average Bonchev–Trinajstić information content (AvgIpc) is 1.34. The van der Waals surface area contributed by atoms with Gasteiger partial charge >= 0.3 is 11.9 Å². The van der Waals surface area contributed by atoms with Gasteiger partial charge in [0.25, 0.3) is 17.7 Å². The first kappa shape index (κ1) is 63.3. The summed E-state index contributed by atoms with van der Waals surface area (Å²) in [5, 5.41) is 54.3. The maximum atomic E-state index is 17.5. The number of nitrogens with zero attached hydrogens (tertiary/aromatic N) is 6. The molecule has 12 N–H and O–H groups in total. The fourth-order valence-electron chi connectivity index (χ4n) is 13.8. The number of unbranched alkanes of at least 4 members (excludes halogenated alkanes) is 4. The van der Waals surface area contributed by atoms with Crippen LogP contribution in [0.1, 0.15) is 114 Å². The highest BCUT2D eigenvalue weighted by Gasteiger charge is 2.75. The second-order valence-corrected chi connectivity index (χ2v) is 26.1. The summed E-state index contributed by atoms with van der Waals surface area (Å²) >= 11 is 2.70. The van der Waals surface area contributed by atoms with E-state index < -0.39 is 93.1 Å². The number of hydrogen-bond acceptors (Lipinski definition) is 19. The molecule has 0 bridgehead atoms. The average molecular weight is 1230 g/mol. The second kappa shape index (κ2) is 25.6. The summed E-state index contributed by atoms with van der Waals surface area (Å²) in [6, 6.07) is 4.23. The Hall–Kier alpha value is -7.23. The first-order chi connectivity index (χ1) is 40.8. The number of alkyl halides is 1. The molecule has 1 aromatic carbocycles. The summed E-state index contributed by atoms with van der Waals surface area (Å²) < 4.78 is 17.5. The van der Waals surface area contributed by atoms with Crippen LogP contribution in [0, 0.1) is 28.6 Å². The number of amides is 5. The molecule has 27 heteroatoms. The predicted octanol–water partition coefficient (Wildman–Crippen LogP) is 3.58. The number of nitrogen functional groups attached to an aromatic ring is 2. The highest BCUT2D eigenvalue weighted by molar-refractivity contribution is 8.01. The van der Waals surface area contributed by atoms with E-state index in [0.717, 1.165) is 18.5 Å². The molecule has 2 aliphatic heterocycles. The molecule has 1 saturated heterocycles. The molecule has 2 saturated carbocycles. The van der Waals surface area contributed by atoms with E-state index in [9.17, 15) is 58.8 Å². The van der Waals surface area contributed by atoms with Crippen molar-refractivity contribution in [2.24, 2.45) is 28.6 Å². The van der Waals surface area contributed by atoms with Crippen molar-refractivity contribution in [3.63, 3.8) is 0 Å². The topological polar surface area (TPSA) is 376 Å². The van der Waals surface area contributed by atoms with E-state index in [4.69, 9.17) is 11.5 Å². The SMILES string of the molecule is C[C@@H]1C[C@H]2C3CC=C4CC(=O)C=C[C@]4(C)[C@@]3(F)[C@@H](O)C[C@]2(C)[C@@]1(O)C(=O)NCCCCCCCC(=O)N[C@@H]1C(=O)N2C(C(=O)O)=C(CSCCNC(=O)CC[C@H](NC(=O)c3ccc(N(C)Cc4cnc5nc(N)nc(N)c5n4)cc3)C(=O)O)CS[C@H]12. The number of aliphatic hydroxyl groups is 2. The number of anilines is 3. The maximum Gasteiger partial charge on any atom is 0.352 e. The number of carbonyl (C=O) groups is 8. The van der Waals surface area contributed by atoms with E-state index in [0.29, 0.717) is 79.1 Å². The van der Waals surface area contributed by atoms with Gasteiger partial charge in [0, 0.05) is 84.7 Å². The van der Waals surface area contributed by atoms with Crippen LogP contribution in [0.2, 0.25) is 0 Å². The van der Waals surface area contributed by atoms with Crippen LogP contribution in [0.15, 0.2) is 65.5 Å². The molecule has 24 nitrogen and oxygen atoms in total. The first-order valence-corrected chi connectivity index (χ1v) is 31.2. The Balaban J connectivity index is 0.640. The lowest BCUT2D eigenvalue weighted by Gasteiger charge is -2.61. The van der Waals surface area contributed by atoms with Crippen molar-refractivity contribution in [3.8, 4) is 0 Å². The number of allylic oxidation sites excluding steroid dienone is 4. The van der Waals surface area contributed by atoms with Crippen LogP contribution in [0.5, 0.6) is 0 Å². The monoisotopic (exact) mass is 1230 g/mol. The van der Waals surface area contributed by atoms with Crippen molar-refractivity contribution in [1.82, 2.24) is 46.1 Å². The van der Waals surface area contributed by atoms with Crippen LogP contribution in [0.25, 0.3) is 11.2 Å². The lowest BCUT2D eigenvalue weighted by Crippen LogP contribution is -2.70. The third-order valence-corrected chi connectivity index (χ3v) is 20.9. The quantitative estimate of drug-likeness (QED) is 0.0329. The number of ketones is 1. The highest BCUT2D eigenvalue weighted by Crippen LogP contribution is 2.70. The van der Waals surface area contributed by atoms with E-state index >= 15 is 4.39 Å². The van der Waals surface area contributed by atoms with Gasteiger partial charge in [-0.25, -0.2) is 23.9 Å². The van der Waals surface area contributed by atoms with Gasteiger partial charge in [-0.15, -0.1) is 11.8 Å². The minimum Gasteiger partial charge on any atom is -0.480 e. The van der Waals surface area contributed by atoms with Crippen LogP contribution in [-0.2, 0) is 40.1 Å². The van der Waals surface area contributed by atoms with Gasteiger partial charge in [0.1, 0.15) is 23.2 Å². The molecule has 1 unspecified atom stereocenters. The van der Waals surface area contributed by atoms with Crippen molar-refractivity contribution in [2.45, 2.75) is 139 Å². The summed E-state index contributed by atoms with van der Waals surface area (Å²) in [5.41, 5.74) is 8.57. The molecule has 6 aliphatic rings. The van der Waals surface area contributed by atoms with E-state index in [-0.39, 0.29) is 90.7 Å². The number of benzene rings is 1. The molecular formula is C59H75FN12O12S2. The number of nitrogens with one attached hydrogen (secondary N) is 4. The number of aliphatic hydroxyl groups excluding tert-OH is 1. The standard InChI is InChI=1S/C59H75FN12O12S2/c1-31-24-39-38-16-13-34-25-37(73)19-20-56(34,2)58(38,60)41(74)26-57(39,3)59(31,84)54(83)64-21-9-7-5-6-8-10-43(76)68-45-50(78)72-46(53(81)82)33(30-86-51(45)72)29-85-23-22-63-42(75)18-17-40(52(79)80)67-49(77)32-11-14-36(15-12-32)71(4)28-35-27-65-48-44(66-35)47(61)69-55(62)70-48/h11-15,19-20,27,31,38-41,45,51,74,84H,5-10,16-18,21-26,28-30H2,1-4H3,(H,63,75)(H,64,83)(H,67,77)(H,68,76)(H,79,80)(H,81,82)(H4,61,62,65,69,70)/t31-,38?,39+,40+,41+,45-,51-,56+,57+,58+,59+/m1/s1. The zero-order valence-corrected chi connectivity index (χ0v) is 50.1. The molecule has 11 atom stereocenters. The normalized spacial score (nSPS) is 28.5. The summed E-state index contributed by atoms with van der Waals surface area (Å²) in [4.78, 5) is 123. The van der Waals surface area contributed by atoms with E-state index in [1.807, 2.05) is 11.0 Å². The Bertz CT molecular complexity index is 3300. The lowest BCUT2D eigenvalue weighted by molar-refractivity contribution is -0.215. The number of nitrogens with two attached hydrogens (primary N) is 2. The van der Waals surface area contributed by atoms with Crippen molar-refractivity contribution in [2.75, 3.05) is 53.8 Å². The number of rotatable bonds is 25. The number of fused-ring (bicyclic) bond motifs is 7. The number of carboxylic acids is 2. The molecule has 2 aromatic heterocycles. The number of halogens is 1. The molecule has 9 rings (SSSR count). The summed E-state index contributed by atoms with van der Waals surface area (Å²) in [6.45, 7) is 6.15. The van der Waals surface area contributed by atoms with Crippen molar-refractivity contribution in [1.29, 1.82) is 0 Å². The van der Waals surface area contributed by atoms with Gasteiger partial charge in [-0.1, -0.05) is 50.8 Å². The lowest BCUT2D eigenvalue weighted by atomic mass is 9.45. The number of hydrogen-bond donors (Lipinski definition) is 10. The van der Waals surface area contributed by atoms with Crippen LogP contribution < -0.4 is 37.6 Å². The van der Waals surface area contributed by atoms with Crippen molar-refractivity contribution in [3.05, 3.63) is 76.8 Å². The first-order valence-electron chi connectivity index (χ1n) is 29.0. The Morgan fingerprint density at radius 2 is 1.69 bits per heavy atom. The van der Waals surface area contributed by atoms with Gasteiger partial charge in [-0.05, 0) is 93.2 Å². The molecule has 86 heavy (non-hydrogen) atoms. The zero-order chi connectivity index (χ0) is 62.0. The van der Waals surface area contributed by atoms with Crippen LogP contribution in [0.3, 0.4) is 0 Å². The molecule has 0 spiro atoms. The van der Waals surface area contributed by atoms with Gasteiger partial charge in [0.15, 0.2) is 34.0 Å². The molecule has 3 fully saturated rings. The van der Waals surface area contributed by atoms with Crippen LogP contribution in [-0.4, -0.2) is 165 Å². The maximum absolute atomic E-state index is 17.5. The minimum absolute atomic E-state index is 0.0140. The number of carbonyl (C=O) groups excluding carboxylic acids is 6. The molecule has 5 amide bonds. The predicted molar refractivity (Wildman–Crippen MR) is 319 cm³/mol. The van der Waals surface area contributed by atoms with Gasteiger partial charge < -0.3 is 58.1 Å². The van der Waals surface area contributed by atoms with E-state index in [1.165, 1.54) is 34.5 Å². The van der Waals surface area contributed by atoms with E-state index in [2.05, 4.69) is 41.2 Å². The second-order valence-electron chi connectivity index (χ2n) is 23.9. The number of β-lactam (4-membered cyclic amide) rings is 1. The number of thioether (sulfide) groups is 2. The van der Waals surface area contributed by atoms with Gasteiger partial charge in [-0.3, -0.25) is 33.7 Å². The van der Waals surface area contributed by atoms with Crippen molar-refractivity contribution >= 4 is 99.4 Å². The van der Waals surface area contributed by atoms with Gasteiger partial charge in [-0.2, -0.15) is 21.7 Å². The molecule has 4 heterocycles. The largest absolute Gasteiger partial charge is 0.480 e. The number of aromatic nitrogens is 4. The Kier molecular flexibility index (Phi) is 18.8. The Morgan fingerprint density at radius 3 is 2.42 bits per heavy atom. The Morgan fingerprint density at radius 1 is 0.953 bits per heavy atom. The third kappa shape index (κ3) is 12.1. The fourth-order valence-corrected chi connectivity index (χ4v) is 16.2. The highest BCUT2D eigenvalue weighted by atomic mass is 32.2. The third-order valence-electron chi connectivity index (χ3n) is 18.5. The van der Waals surface area contributed by atoms with Gasteiger partial charge in [0.2, 0.25) is 17.8 Å². The molecule has 3 aromatic rings. The summed E-state index contributed by atoms with van der Waals surface area (Å²) in [7, 11) is 1.81. The summed E-state index contributed by atoms with van der Waals surface area (Å²) in [5.74, 6) is -5.66. The fraction of sp³-hybridized carbons (Fsp3) is 0.559. The molecular weight excluding hydrogens is 1150 g/mol. The number of aliphatic carboxylic acids is 2. The summed E-state index contributed by atoms with van der Waals surface area (Å²) in [6.07, 6.45) is 8.82. The van der Waals surface area contributed by atoms with E-state index in [1.54, 1.807) is 64.4 Å². The zero-order valence-electron chi connectivity index (χ0n) is 48.5. The molecule has 4 aliphatic carbocycles. The van der Waals surface area contributed by atoms with Gasteiger partial charge in [0.05, 0.1) is 24.5 Å². The molecule has 462 valence electrons. The smallest absolute Gasteiger partial charge is 0.352 e. The van der Waals surface area contributed by atoms with Crippen LogP contribution >= 0.6 is 23.5 Å².